The Balaban J connectivity index is 1.50. The van der Waals surface area contributed by atoms with Gasteiger partial charge in [0, 0.05) is 45.8 Å². The lowest BCUT2D eigenvalue weighted by Gasteiger charge is -2.34. The number of piperidine rings is 1. The Morgan fingerprint density at radius 1 is 0.968 bits per heavy atom. The van der Waals surface area contributed by atoms with E-state index in [1.54, 1.807) is 0 Å². The maximum atomic E-state index is 12.8. The number of carbonyl (C=O) groups excluding carboxylic acids is 1. The van der Waals surface area contributed by atoms with E-state index in [0.717, 1.165) is 57.7 Å². The maximum Gasteiger partial charge on any atom is 0.238 e. The summed E-state index contributed by atoms with van der Waals surface area (Å²) < 4.78 is 26.5. The van der Waals surface area contributed by atoms with Gasteiger partial charge < -0.3 is 10.2 Å². The van der Waals surface area contributed by atoms with Crippen LogP contribution >= 0.6 is 0 Å². The second-order valence-corrected chi connectivity index (χ2v) is 10.7. The van der Waals surface area contributed by atoms with Gasteiger partial charge >= 0.3 is 0 Å². The van der Waals surface area contributed by atoms with Crippen molar-refractivity contribution in [2.75, 3.05) is 45.0 Å². The van der Waals surface area contributed by atoms with E-state index in [4.69, 9.17) is 0 Å². The van der Waals surface area contributed by atoms with Gasteiger partial charge in [0.2, 0.25) is 15.9 Å². The first kappa shape index (κ1) is 24.2. The quantitative estimate of drug-likeness (QED) is 0.623. The van der Waals surface area contributed by atoms with Gasteiger partial charge in [-0.2, -0.15) is 4.31 Å². The number of nitrogens with one attached hydrogen (secondary N) is 1. The molecule has 2 aliphatic heterocycles. The van der Waals surface area contributed by atoms with Crippen molar-refractivity contribution >= 4 is 15.9 Å². The highest BCUT2D eigenvalue weighted by Crippen LogP contribution is 2.21. The second-order valence-electron chi connectivity index (χ2n) is 8.68. The molecule has 1 amide bonds. The first-order chi connectivity index (χ1) is 14.9. The van der Waals surface area contributed by atoms with Crippen LogP contribution in [0.5, 0.6) is 0 Å². The molecular formula is C23H38N4O3S. The van der Waals surface area contributed by atoms with Gasteiger partial charge in [0.1, 0.15) is 6.04 Å². The topological polar surface area (TPSA) is 73.0 Å². The van der Waals surface area contributed by atoms with Crippen LogP contribution in [0.3, 0.4) is 0 Å². The maximum absolute atomic E-state index is 12.8. The Labute approximate surface area is 187 Å². The van der Waals surface area contributed by atoms with Gasteiger partial charge in [-0.1, -0.05) is 44.5 Å². The number of amides is 1. The number of rotatable bonds is 9. The van der Waals surface area contributed by atoms with E-state index >= 15 is 0 Å². The summed E-state index contributed by atoms with van der Waals surface area (Å²) in [6.07, 6.45) is 2.87. The largest absolute Gasteiger partial charge is 0.351 e. The molecule has 1 atom stereocenters. The number of benzene rings is 1. The van der Waals surface area contributed by atoms with Gasteiger partial charge in [-0.25, -0.2) is 8.42 Å². The molecule has 1 N–H and O–H groups in total. The monoisotopic (exact) mass is 450 g/mol. The van der Waals surface area contributed by atoms with Crippen LogP contribution in [-0.2, 0) is 27.9 Å². The third-order valence-electron chi connectivity index (χ3n) is 6.38. The molecule has 0 radical (unpaired) electrons. The second kappa shape index (κ2) is 11.4. The molecule has 7 nitrogen and oxygen atoms in total. The lowest BCUT2D eigenvalue weighted by molar-refractivity contribution is -0.125. The van der Waals surface area contributed by atoms with Crippen molar-refractivity contribution in [2.45, 2.75) is 58.7 Å². The highest BCUT2D eigenvalue weighted by atomic mass is 32.2. The summed E-state index contributed by atoms with van der Waals surface area (Å²) in [6, 6.07) is 7.80. The molecular weight excluding hydrogens is 412 g/mol. The van der Waals surface area contributed by atoms with Crippen LogP contribution in [0, 0.1) is 0 Å². The SMILES string of the molecule is CCCS(=O)(=O)N1CCCCC1C(=O)NCc1ccc(CN2CCN(CC)CC2)cc1. The van der Waals surface area contributed by atoms with Crippen molar-refractivity contribution in [2.24, 2.45) is 0 Å². The molecule has 174 valence electrons. The highest BCUT2D eigenvalue weighted by molar-refractivity contribution is 7.89. The Bertz CT molecular complexity index is 805. The average molecular weight is 451 g/mol. The molecule has 2 heterocycles. The van der Waals surface area contributed by atoms with Crippen molar-refractivity contribution in [1.29, 1.82) is 0 Å². The fraction of sp³-hybridized carbons (Fsp3) is 0.696. The number of carbonyl (C=O) groups is 1. The molecule has 0 spiro atoms. The third-order valence-corrected chi connectivity index (χ3v) is 8.46. The predicted octanol–water partition coefficient (Wildman–Crippen LogP) is 2.03. The smallest absolute Gasteiger partial charge is 0.238 e. The van der Waals surface area contributed by atoms with Gasteiger partial charge in [0.25, 0.3) is 0 Å². The molecule has 1 unspecified atom stereocenters. The summed E-state index contributed by atoms with van der Waals surface area (Å²) in [4.78, 5) is 17.7. The molecule has 0 aromatic heterocycles. The van der Waals surface area contributed by atoms with E-state index in [0.29, 0.717) is 25.9 Å². The number of piperazine rings is 1. The minimum atomic E-state index is -3.37. The van der Waals surface area contributed by atoms with Crippen molar-refractivity contribution in [3.63, 3.8) is 0 Å². The zero-order chi connectivity index (χ0) is 22.3. The Morgan fingerprint density at radius 2 is 1.61 bits per heavy atom. The fourth-order valence-electron chi connectivity index (χ4n) is 4.47. The van der Waals surface area contributed by atoms with Gasteiger partial charge in [0.15, 0.2) is 0 Å². The minimum Gasteiger partial charge on any atom is -0.351 e. The van der Waals surface area contributed by atoms with E-state index in [9.17, 15) is 13.2 Å². The van der Waals surface area contributed by atoms with Crippen molar-refractivity contribution in [3.05, 3.63) is 35.4 Å². The van der Waals surface area contributed by atoms with Crippen LogP contribution in [-0.4, -0.2) is 79.5 Å². The molecule has 1 aromatic carbocycles. The number of sulfonamides is 1. The first-order valence-electron chi connectivity index (χ1n) is 11.7. The lowest BCUT2D eigenvalue weighted by Crippen LogP contribution is -2.52. The summed E-state index contributed by atoms with van der Waals surface area (Å²) >= 11 is 0. The van der Waals surface area contributed by atoms with Gasteiger partial charge in [-0.15, -0.1) is 0 Å². The van der Waals surface area contributed by atoms with Crippen molar-refractivity contribution < 1.29 is 13.2 Å². The van der Waals surface area contributed by atoms with E-state index in [1.165, 1.54) is 9.87 Å². The number of hydrogen-bond acceptors (Lipinski definition) is 5. The van der Waals surface area contributed by atoms with Crippen LogP contribution in [0.2, 0.25) is 0 Å². The molecule has 1 aromatic rings. The van der Waals surface area contributed by atoms with Crippen molar-refractivity contribution in [1.82, 2.24) is 19.4 Å². The lowest BCUT2D eigenvalue weighted by atomic mass is 10.0. The van der Waals surface area contributed by atoms with E-state index < -0.39 is 16.1 Å². The molecule has 0 aliphatic carbocycles. The van der Waals surface area contributed by atoms with E-state index in [2.05, 4.69) is 46.3 Å². The Morgan fingerprint density at radius 3 is 2.26 bits per heavy atom. The number of hydrogen-bond donors (Lipinski definition) is 1. The molecule has 8 heteroatoms. The Hall–Kier alpha value is -1.48. The molecule has 3 rings (SSSR count). The normalized spacial score (nSPS) is 21.8. The highest BCUT2D eigenvalue weighted by Gasteiger charge is 2.35. The van der Waals surface area contributed by atoms with Crippen LogP contribution in [0.4, 0.5) is 0 Å². The van der Waals surface area contributed by atoms with E-state index in [1.807, 2.05) is 6.92 Å². The standard InChI is InChI=1S/C23H38N4O3S/c1-3-17-31(29,30)27-12-6-5-7-22(27)23(28)24-18-20-8-10-21(11-9-20)19-26-15-13-25(4-2)14-16-26/h8-11,22H,3-7,12-19H2,1-2H3,(H,24,28). The van der Waals surface area contributed by atoms with E-state index in [-0.39, 0.29) is 11.7 Å². The number of nitrogens with zero attached hydrogens (tertiary/aromatic N) is 3. The molecule has 31 heavy (non-hydrogen) atoms. The van der Waals surface area contributed by atoms with Gasteiger partial charge in [-0.3, -0.25) is 9.69 Å². The van der Waals surface area contributed by atoms with Crippen LogP contribution in [0.15, 0.2) is 24.3 Å². The minimum absolute atomic E-state index is 0.103. The predicted molar refractivity (Wildman–Crippen MR) is 124 cm³/mol. The zero-order valence-electron chi connectivity index (χ0n) is 19.1. The van der Waals surface area contributed by atoms with Crippen LogP contribution in [0.25, 0.3) is 0 Å². The summed E-state index contributed by atoms with van der Waals surface area (Å²) in [7, 11) is -3.37. The summed E-state index contributed by atoms with van der Waals surface area (Å²) in [5.41, 5.74) is 2.32. The van der Waals surface area contributed by atoms with Crippen LogP contribution < -0.4 is 5.32 Å². The van der Waals surface area contributed by atoms with Gasteiger partial charge in [-0.05, 0) is 36.9 Å². The summed E-state index contributed by atoms with van der Waals surface area (Å²) in [6.45, 7) is 11.5. The summed E-state index contributed by atoms with van der Waals surface area (Å²) in [5, 5.41) is 2.96. The van der Waals surface area contributed by atoms with Crippen LogP contribution in [0.1, 0.15) is 50.7 Å². The molecule has 2 aliphatic rings. The molecule has 0 saturated carbocycles. The number of likely N-dealkylation sites (N-methyl/N-ethyl adjacent to an activating group) is 1. The van der Waals surface area contributed by atoms with Crippen molar-refractivity contribution in [3.8, 4) is 0 Å². The summed E-state index contributed by atoms with van der Waals surface area (Å²) in [5.74, 6) is -0.0802. The molecule has 2 saturated heterocycles. The third kappa shape index (κ3) is 6.75. The first-order valence-corrected chi connectivity index (χ1v) is 13.3. The van der Waals surface area contributed by atoms with Gasteiger partial charge in [0.05, 0.1) is 5.75 Å². The molecule has 0 bridgehead atoms. The Kier molecular flexibility index (Phi) is 8.89. The molecule has 2 fully saturated rings. The average Bonchev–Trinajstić information content (AvgIpc) is 2.79. The fourth-order valence-corrected chi connectivity index (χ4v) is 6.21. The zero-order valence-corrected chi connectivity index (χ0v) is 19.9.